The molecule has 0 saturated heterocycles. The fraction of sp³-hybridized carbons (Fsp3) is 0.111. The SMILES string of the molecule is CSc1cccc(NC(=O)c2c(C)nn(-c3ccccc3)c2Cl)c1. The van der Waals surface area contributed by atoms with Crippen LogP contribution >= 0.6 is 23.4 Å². The lowest BCUT2D eigenvalue weighted by atomic mass is 10.2. The molecule has 24 heavy (non-hydrogen) atoms. The van der Waals surface area contributed by atoms with Crippen LogP contribution in [0.4, 0.5) is 5.69 Å². The number of hydrogen-bond donors (Lipinski definition) is 1. The molecule has 3 aromatic rings. The topological polar surface area (TPSA) is 46.9 Å². The number of anilines is 1. The zero-order chi connectivity index (χ0) is 17.1. The maximum Gasteiger partial charge on any atom is 0.260 e. The van der Waals surface area contributed by atoms with Crippen molar-refractivity contribution in [2.45, 2.75) is 11.8 Å². The number of thioether (sulfide) groups is 1. The first-order valence-corrected chi connectivity index (χ1v) is 8.96. The summed E-state index contributed by atoms with van der Waals surface area (Å²) in [6, 6.07) is 17.2. The molecule has 0 spiro atoms. The van der Waals surface area contributed by atoms with Gasteiger partial charge in [0.2, 0.25) is 0 Å². The number of amides is 1. The molecule has 1 heterocycles. The van der Waals surface area contributed by atoms with E-state index in [1.165, 1.54) is 0 Å². The Morgan fingerprint density at radius 3 is 2.62 bits per heavy atom. The largest absolute Gasteiger partial charge is 0.322 e. The molecule has 3 rings (SSSR count). The summed E-state index contributed by atoms with van der Waals surface area (Å²) in [5.41, 5.74) is 2.52. The minimum absolute atomic E-state index is 0.266. The lowest BCUT2D eigenvalue weighted by Crippen LogP contribution is -2.13. The molecule has 1 N–H and O–H groups in total. The van der Waals surface area contributed by atoms with Gasteiger partial charge >= 0.3 is 0 Å². The maximum absolute atomic E-state index is 12.6. The van der Waals surface area contributed by atoms with Crippen LogP contribution < -0.4 is 5.32 Å². The molecule has 0 aliphatic carbocycles. The van der Waals surface area contributed by atoms with E-state index in [4.69, 9.17) is 11.6 Å². The fourth-order valence-electron chi connectivity index (χ4n) is 2.39. The van der Waals surface area contributed by atoms with Gasteiger partial charge in [0.25, 0.3) is 5.91 Å². The third-order valence-electron chi connectivity index (χ3n) is 3.56. The van der Waals surface area contributed by atoms with Crippen molar-refractivity contribution in [1.29, 1.82) is 0 Å². The maximum atomic E-state index is 12.6. The van der Waals surface area contributed by atoms with Gasteiger partial charge < -0.3 is 5.32 Å². The number of halogens is 1. The Kier molecular flexibility index (Phi) is 4.92. The first-order valence-electron chi connectivity index (χ1n) is 7.36. The highest BCUT2D eigenvalue weighted by molar-refractivity contribution is 7.98. The first-order chi connectivity index (χ1) is 11.6. The van der Waals surface area contributed by atoms with Gasteiger partial charge in [-0.05, 0) is 43.5 Å². The molecule has 0 bridgehead atoms. The van der Waals surface area contributed by atoms with Gasteiger partial charge in [0.05, 0.1) is 11.4 Å². The molecular weight excluding hydrogens is 342 g/mol. The van der Waals surface area contributed by atoms with E-state index >= 15 is 0 Å². The Hall–Kier alpha value is -2.24. The van der Waals surface area contributed by atoms with Gasteiger partial charge in [0.15, 0.2) is 0 Å². The van der Waals surface area contributed by atoms with Gasteiger partial charge in [-0.1, -0.05) is 35.9 Å². The summed E-state index contributed by atoms with van der Waals surface area (Å²) in [4.78, 5) is 13.7. The lowest BCUT2D eigenvalue weighted by Gasteiger charge is -2.07. The Morgan fingerprint density at radius 1 is 1.17 bits per heavy atom. The van der Waals surface area contributed by atoms with Crippen molar-refractivity contribution in [3.05, 3.63) is 71.0 Å². The number of aryl methyl sites for hydroxylation is 1. The minimum Gasteiger partial charge on any atom is -0.322 e. The second-order valence-corrected chi connectivity index (χ2v) is 6.42. The number of aromatic nitrogens is 2. The summed E-state index contributed by atoms with van der Waals surface area (Å²) >= 11 is 8.04. The Bertz CT molecular complexity index is 877. The van der Waals surface area contributed by atoms with Crippen LogP contribution in [0.15, 0.2) is 59.5 Å². The molecule has 1 aromatic heterocycles. The molecule has 2 aromatic carbocycles. The highest BCUT2D eigenvalue weighted by Crippen LogP contribution is 2.25. The van der Waals surface area contributed by atoms with Crippen LogP contribution in [0.3, 0.4) is 0 Å². The molecule has 122 valence electrons. The van der Waals surface area contributed by atoms with Crippen molar-refractivity contribution < 1.29 is 4.79 Å². The summed E-state index contributed by atoms with van der Waals surface area (Å²) in [7, 11) is 0. The third-order valence-corrected chi connectivity index (χ3v) is 4.63. The van der Waals surface area contributed by atoms with E-state index in [9.17, 15) is 4.79 Å². The second kappa shape index (κ2) is 7.11. The number of carbonyl (C=O) groups is 1. The molecule has 0 atom stereocenters. The van der Waals surface area contributed by atoms with Gasteiger partial charge in [-0.3, -0.25) is 4.79 Å². The van der Waals surface area contributed by atoms with Crippen LogP contribution in [-0.2, 0) is 0 Å². The molecular formula is C18H16ClN3OS. The van der Waals surface area contributed by atoms with Crippen molar-refractivity contribution in [1.82, 2.24) is 9.78 Å². The zero-order valence-electron chi connectivity index (χ0n) is 13.3. The van der Waals surface area contributed by atoms with E-state index in [1.807, 2.05) is 60.9 Å². The number of para-hydroxylation sites is 1. The van der Waals surface area contributed by atoms with Gasteiger partial charge in [0, 0.05) is 10.6 Å². The van der Waals surface area contributed by atoms with E-state index in [0.717, 1.165) is 16.3 Å². The van der Waals surface area contributed by atoms with Crippen molar-refractivity contribution in [3.63, 3.8) is 0 Å². The fourth-order valence-corrected chi connectivity index (χ4v) is 3.21. The summed E-state index contributed by atoms with van der Waals surface area (Å²) in [5.74, 6) is -0.266. The summed E-state index contributed by atoms with van der Waals surface area (Å²) < 4.78 is 1.57. The van der Waals surface area contributed by atoms with Crippen molar-refractivity contribution >= 4 is 35.0 Å². The third kappa shape index (κ3) is 3.32. The zero-order valence-corrected chi connectivity index (χ0v) is 14.9. The quantitative estimate of drug-likeness (QED) is 0.682. The predicted octanol–water partition coefficient (Wildman–Crippen LogP) is 4.81. The lowest BCUT2D eigenvalue weighted by molar-refractivity contribution is 0.102. The minimum atomic E-state index is -0.266. The standard InChI is InChI=1S/C18H16ClN3OS/c1-12-16(17(19)22(21-12)14-8-4-3-5-9-14)18(23)20-13-7-6-10-15(11-13)24-2/h3-11H,1-2H3,(H,20,23). The van der Waals surface area contributed by atoms with E-state index in [1.54, 1.807) is 23.4 Å². The average molecular weight is 358 g/mol. The van der Waals surface area contributed by atoms with Gasteiger partial charge in [-0.2, -0.15) is 5.10 Å². The number of nitrogens with zero attached hydrogens (tertiary/aromatic N) is 2. The summed E-state index contributed by atoms with van der Waals surface area (Å²) in [6.45, 7) is 1.78. The van der Waals surface area contributed by atoms with Crippen LogP contribution in [-0.4, -0.2) is 21.9 Å². The van der Waals surface area contributed by atoms with E-state index in [0.29, 0.717) is 16.4 Å². The van der Waals surface area contributed by atoms with Crippen molar-refractivity contribution in [2.75, 3.05) is 11.6 Å². The molecule has 0 radical (unpaired) electrons. The molecule has 6 heteroatoms. The number of rotatable bonds is 4. The van der Waals surface area contributed by atoms with E-state index < -0.39 is 0 Å². The first kappa shape index (κ1) is 16.6. The molecule has 0 aliphatic rings. The van der Waals surface area contributed by atoms with Crippen LogP contribution in [0.5, 0.6) is 0 Å². The highest BCUT2D eigenvalue weighted by atomic mass is 35.5. The average Bonchev–Trinajstić information content (AvgIpc) is 2.90. The molecule has 0 unspecified atom stereocenters. The number of nitrogens with one attached hydrogen (secondary N) is 1. The molecule has 0 fully saturated rings. The van der Waals surface area contributed by atoms with Crippen molar-refractivity contribution in [2.24, 2.45) is 0 Å². The monoisotopic (exact) mass is 357 g/mol. The smallest absolute Gasteiger partial charge is 0.260 e. The summed E-state index contributed by atoms with van der Waals surface area (Å²) in [5, 5.41) is 7.59. The van der Waals surface area contributed by atoms with Gasteiger partial charge in [-0.25, -0.2) is 4.68 Å². The van der Waals surface area contributed by atoms with E-state index in [-0.39, 0.29) is 5.91 Å². The number of benzene rings is 2. The van der Waals surface area contributed by atoms with Gasteiger partial charge in [-0.15, -0.1) is 11.8 Å². The highest BCUT2D eigenvalue weighted by Gasteiger charge is 2.21. The summed E-state index contributed by atoms with van der Waals surface area (Å²) in [6.07, 6.45) is 1.99. The number of carbonyl (C=O) groups excluding carboxylic acids is 1. The van der Waals surface area contributed by atoms with Crippen LogP contribution in [0.25, 0.3) is 5.69 Å². The molecule has 1 amide bonds. The number of hydrogen-bond acceptors (Lipinski definition) is 3. The van der Waals surface area contributed by atoms with Gasteiger partial charge in [0.1, 0.15) is 10.7 Å². The van der Waals surface area contributed by atoms with Crippen molar-refractivity contribution in [3.8, 4) is 5.69 Å². The second-order valence-electron chi connectivity index (χ2n) is 5.18. The van der Waals surface area contributed by atoms with Crippen LogP contribution in [0.1, 0.15) is 16.1 Å². The Balaban J connectivity index is 1.92. The molecule has 4 nitrogen and oxygen atoms in total. The normalized spacial score (nSPS) is 10.6. The van der Waals surface area contributed by atoms with Crippen LogP contribution in [0.2, 0.25) is 5.15 Å². The predicted molar refractivity (Wildman–Crippen MR) is 99.5 cm³/mol. The van der Waals surface area contributed by atoms with E-state index in [2.05, 4.69) is 10.4 Å². The Labute approximate surface area is 149 Å². The van der Waals surface area contributed by atoms with Crippen LogP contribution in [0, 0.1) is 6.92 Å². The Morgan fingerprint density at radius 2 is 1.92 bits per heavy atom. The molecule has 0 aliphatic heterocycles. The molecule has 0 saturated carbocycles.